The monoisotopic (exact) mass is 571 g/mol. The third kappa shape index (κ3) is 5.65. The number of hydrogen-bond acceptors (Lipinski definition) is 9. The summed E-state index contributed by atoms with van der Waals surface area (Å²) in [6, 6.07) is 16.7. The van der Waals surface area contributed by atoms with Crippen molar-refractivity contribution < 1.29 is 37.3 Å². The molecule has 2 aliphatic rings. The largest absolute Gasteiger partial charge is 0.487 e. The molecule has 1 aromatic heterocycles. The minimum Gasteiger partial charge on any atom is -0.487 e. The fourth-order valence-corrected chi connectivity index (χ4v) is 6.79. The molecule has 216 valence electrons. The van der Waals surface area contributed by atoms with Gasteiger partial charge in [-0.2, -0.15) is 4.31 Å². The normalized spacial score (nSPS) is 21.6. The summed E-state index contributed by atoms with van der Waals surface area (Å²) in [5, 5.41) is 0. The van der Waals surface area contributed by atoms with Crippen LogP contribution in [-0.4, -0.2) is 52.4 Å². The van der Waals surface area contributed by atoms with E-state index in [2.05, 4.69) is 0 Å². The third-order valence-electron chi connectivity index (χ3n) is 7.64. The first-order chi connectivity index (χ1) is 19.1. The molecule has 2 atom stereocenters. The highest BCUT2D eigenvalue weighted by Gasteiger charge is 2.38. The first kappa shape index (κ1) is 28.7. The maximum atomic E-state index is 12.5. The first-order valence-electron chi connectivity index (χ1n) is 13.5. The zero-order chi connectivity index (χ0) is 28.5. The number of para-hydroxylation sites is 1. The Morgan fingerprint density at radius 3 is 2.62 bits per heavy atom. The van der Waals surface area contributed by atoms with Gasteiger partial charge in [-0.15, -0.1) is 10.8 Å². The van der Waals surface area contributed by atoms with Gasteiger partial charge in [-0.3, -0.25) is 13.9 Å². The number of aryl methyl sites for hydroxylation is 1. The summed E-state index contributed by atoms with van der Waals surface area (Å²) >= 11 is 0. The fourth-order valence-electron chi connectivity index (χ4n) is 5.17. The van der Waals surface area contributed by atoms with Crippen LogP contribution in [0.2, 0.25) is 0 Å². The van der Waals surface area contributed by atoms with E-state index in [-0.39, 0.29) is 25.0 Å². The Bertz CT molecular complexity index is 1350. The molecule has 0 bridgehead atoms. The number of nitrogens with zero attached hydrogens (tertiary/aromatic N) is 1. The number of furan rings is 1. The van der Waals surface area contributed by atoms with Crippen molar-refractivity contribution in [2.75, 3.05) is 26.9 Å². The molecule has 2 aromatic carbocycles. The van der Waals surface area contributed by atoms with Gasteiger partial charge in [-0.05, 0) is 61.2 Å². The Hall–Kier alpha value is -2.86. The summed E-state index contributed by atoms with van der Waals surface area (Å²) in [7, 11) is -1.95. The molecule has 0 saturated carbocycles. The Morgan fingerprint density at radius 2 is 1.90 bits per heavy atom. The van der Waals surface area contributed by atoms with Crippen molar-refractivity contribution in [3.63, 3.8) is 0 Å². The molecule has 0 radical (unpaired) electrons. The van der Waals surface area contributed by atoms with Gasteiger partial charge in [0.15, 0.2) is 5.76 Å². The predicted octanol–water partition coefficient (Wildman–Crippen LogP) is 6.20. The molecule has 3 aromatic rings. The number of hydrogen-bond donors (Lipinski definition) is 2. The average Bonchev–Trinajstić information content (AvgIpc) is 3.60. The Morgan fingerprint density at radius 1 is 1.15 bits per heavy atom. The lowest BCUT2D eigenvalue weighted by atomic mass is 9.90. The molecule has 3 heterocycles. The highest BCUT2D eigenvalue weighted by atomic mass is 32.3. The average molecular weight is 572 g/mol. The van der Waals surface area contributed by atoms with Crippen LogP contribution in [0.25, 0.3) is 0 Å². The number of benzene rings is 2. The maximum Gasteiger partial charge on any atom is 0.306 e. The molecule has 9 nitrogen and oxygen atoms in total. The molecule has 1 fully saturated rings. The molecule has 2 N–H and O–H groups in total. The highest BCUT2D eigenvalue weighted by molar-refractivity contribution is 8.22. The van der Waals surface area contributed by atoms with Gasteiger partial charge in [-0.25, -0.2) is 0 Å². The number of carbonyl (C=O) groups excluding carboxylic acids is 1. The lowest BCUT2D eigenvalue weighted by molar-refractivity contribution is -0.163. The van der Waals surface area contributed by atoms with Crippen molar-refractivity contribution in [1.29, 1.82) is 0 Å². The van der Waals surface area contributed by atoms with E-state index in [1.807, 2.05) is 57.2 Å². The summed E-state index contributed by atoms with van der Waals surface area (Å²) in [4.78, 5) is 12.9. The van der Waals surface area contributed by atoms with Crippen molar-refractivity contribution >= 4 is 16.7 Å². The number of ether oxygens (including phenoxy) is 4. The smallest absolute Gasteiger partial charge is 0.306 e. The van der Waals surface area contributed by atoms with E-state index in [4.69, 9.17) is 23.4 Å². The minimum atomic E-state index is -3.31. The Kier molecular flexibility index (Phi) is 8.28. The summed E-state index contributed by atoms with van der Waals surface area (Å²) < 4.78 is 53.5. The summed E-state index contributed by atoms with van der Waals surface area (Å²) in [6.07, 6.45) is 0.587. The van der Waals surface area contributed by atoms with E-state index in [9.17, 15) is 13.9 Å². The molecule has 0 aliphatic carbocycles. The molecule has 5 rings (SSSR count). The lowest BCUT2D eigenvalue weighted by Crippen LogP contribution is -2.34. The van der Waals surface area contributed by atoms with Crippen molar-refractivity contribution in [2.45, 2.75) is 62.9 Å². The van der Waals surface area contributed by atoms with Gasteiger partial charge in [0.2, 0.25) is 5.79 Å². The summed E-state index contributed by atoms with van der Waals surface area (Å²) in [5.74, 6) is -0.152. The van der Waals surface area contributed by atoms with Crippen LogP contribution in [0, 0.1) is 6.92 Å². The lowest BCUT2D eigenvalue weighted by Gasteiger charge is -2.42. The number of esters is 1. The summed E-state index contributed by atoms with van der Waals surface area (Å²) in [6.45, 7) is 7.40. The second-order valence-corrected chi connectivity index (χ2v) is 12.3. The first-order valence-corrected chi connectivity index (χ1v) is 15.0. The zero-order valence-electron chi connectivity index (χ0n) is 23.3. The molecular formula is C30H37NO8S. The highest BCUT2D eigenvalue weighted by Crippen LogP contribution is 2.57. The van der Waals surface area contributed by atoms with E-state index in [0.717, 1.165) is 16.7 Å². The van der Waals surface area contributed by atoms with E-state index < -0.39 is 22.5 Å². The van der Waals surface area contributed by atoms with Crippen molar-refractivity contribution in [3.05, 3.63) is 82.8 Å². The van der Waals surface area contributed by atoms with Crippen LogP contribution in [-0.2, 0) is 31.3 Å². The van der Waals surface area contributed by atoms with Crippen LogP contribution in [0.5, 0.6) is 5.75 Å². The second kappa shape index (κ2) is 11.6. The van der Waals surface area contributed by atoms with E-state index in [1.54, 1.807) is 22.5 Å². The molecule has 2 aliphatic heterocycles. The molecule has 10 heteroatoms. The Balaban J connectivity index is 1.49. The number of fused-ring (bicyclic) bond motifs is 1. The van der Waals surface area contributed by atoms with Crippen LogP contribution in [0.4, 0.5) is 0 Å². The Labute approximate surface area is 236 Å². The molecule has 0 amide bonds. The molecule has 2 unspecified atom stereocenters. The van der Waals surface area contributed by atoms with Gasteiger partial charge in [-0.1, -0.05) is 37.3 Å². The van der Waals surface area contributed by atoms with E-state index in [1.165, 1.54) is 7.11 Å². The zero-order valence-corrected chi connectivity index (χ0v) is 24.1. The second-order valence-electron chi connectivity index (χ2n) is 10.3. The van der Waals surface area contributed by atoms with Gasteiger partial charge in [0.1, 0.15) is 22.5 Å². The van der Waals surface area contributed by atoms with Crippen LogP contribution in [0.15, 0.2) is 63.9 Å². The van der Waals surface area contributed by atoms with Crippen molar-refractivity contribution in [3.8, 4) is 5.75 Å². The van der Waals surface area contributed by atoms with Crippen LogP contribution < -0.4 is 4.74 Å². The summed E-state index contributed by atoms with van der Waals surface area (Å²) in [5.41, 5.74) is 2.74. The van der Waals surface area contributed by atoms with Gasteiger partial charge in [0.05, 0.1) is 39.2 Å². The predicted molar refractivity (Wildman–Crippen MR) is 150 cm³/mol. The standard InChI is InChI=1S/C30H37NO8S/c1-5-23-19-31(40(33,34)27-9-7-6-8-26(27)38-23)18-22-16-21(11-10-20(22)2)24(17-29(32)35-4)25-12-13-28(39-25)30(3)36-14-15-37-30/h6-13,16,23-24,33-34H,5,14-15,17-19H2,1-4H3. The maximum absolute atomic E-state index is 12.5. The van der Waals surface area contributed by atoms with Crippen molar-refractivity contribution in [1.82, 2.24) is 4.31 Å². The van der Waals surface area contributed by atoms with Crippen molar-refractivity contribution in [2.24, 2.45) is 0 Å². The SMILES string of the molecule is CCC1CN(Cc2cc(C(CC(=O)OC)c3ccc(C4(C)OCCO4)o3)ccc2C)S(O)(O)c2ccccc2O1. The van der Waals surface area contributed by atoms with Crippen LogP contribution in [0.3, 0.4) is 0 Å². The fraction of sp³-hybridized carbons (Fsp3) is 0.433. The van der Waals surface area contributed by atoms with Crippen LogP contribution >= 0.6 is 10.8 Å². The molecule has 0 spiro atoms. The van der Waals surface area contributed by atoms with Gasteiger partial charge in [0.25, 0.3) is 0 Å². The van der Waals surface area contributed by atoms with Crippen LogP contribution in [0.1, 0.15) is 60.8 Å². The molecule has 1 saturated heterocycles. The van der Waals surface area contributed by atoms with E-state index in [0.29, 0.717) is 48.3 Å². The molecular weight excluding hydrogens is 534 g/mol. The quantitative estimate of drug-likeness (QED) is 0.305. The number of rotatable bonds is 8. The minimum absolute atomic E-state index is 0.0718. The van der Waals surface area contributed by atoms with Gasteiger partial charge < -0.3 is 23.4 Å². The van der Waals surface area contributed by atoms with E-state index >= 15 is 0 Å². The van der Waals surface area contributed by atoms with Gasteiger partial charge in [0, 0.05) is 6.54 Å². The number of methoxy groups -OCH3 is 1. The van der Waals surface area contributed by atoms with Gasteiger partial charge >= 0.3 is 5.97 Å². The third-order valence-corrected chi connectivity index (χ3v) is 9.56. The number of carbonyl (C=O) groups is 1. The topological polar surface area (TPSA) is 111 Å². The molecule has 40 heavy (non-hydrogen) atoms.